The zero-order valence-electron chi connectivity index (χ0n) is 17.1. The summed E-state index contributed by atoms with van der Waals surface area (Å²) in [6, 6.07) is 15.0. The van der Waals surface area contributed by atoms with Gasteiger partial charge in [0.2, 0.25) is 10.0 Å². The normalized spacial score (nSPS) is 16.2. The van der Waals surface area contributed by atoms with Crippen molar-refractivity contribution in [2.75, 3.05) is 33.3 Å². The summed E-state index contributed by atoms with van der Waals surface area (Å²) in [5, 5.41) is 0. The molecule has 0 bridgehead atoms. The van der Waals surface area contributed by atoms with Crippen molar-refractivity contribution < 1.29 is 17.9 Å². The molecule has 30 heavy (non-hydrogen) atoms. The van der Waals surface area contributed by atoms with Gasteiger partial charge in [-0.05, 0) is 54.8 Å². The van der Waals surface area contributed by atoms with Crippen LogP contribution in [0.3, 0.4) is 0 Å². The number of hydrogen-bond acceptors (Lipinski definition) is 5. The molecule has 0 atom stereocenters. The van der Waals surface area contributed by atoms with Crippen LogP contribution in [0.2, 0.25) is 0 Å². The van der Waals surface area contributed by atoms with Gasteiger partial charge < -0.3 is 4.74 Å². The number of sulfonamides is 1. The van der Waals surface area contributed by atoms with Gasteiger partial charge in [0.05, 0.1) is 12.0 Å². The van der Waals surface area contributed by atoms with Crippen LogP contribution < -0.4 is 0 Å². The summed E-state index contributed by atoms with van der Waals surface area (Å²) >= 11 is 3.50. The molecule has 0 N–H and O–H groups in total. The van der Waals surface area contributed by atoms with E-state index in [2.05, 4.69) is 37.7 Å². The summed E-state index contributed by atoms with van der Waals surface area (Å²) in [5.74, 6) is -0.274. The van der Waals surface area contributed by atoms with Crippen LogP contribution in [-0.4, -0.2) is 56.9 Å². The number of halogens is 1. The van der Waals surface area contributed by atoms with Crippen molar-refractivity contribution in [1.29, 1.82) is 0 Å². The Morgan fingerprint density at radius 3 is 2.50 bits per heavy atom. The minimum atomic E-state index is -3.53. The lowest BCUT2D eigenvalue weighted by Gasteiger charge is -2.22. The van der Waals surface area contributed by atoms with Gasteiger partial charge in [-0.1, -0.05) is 40.2 Å². The second-order valence-corrected chi connectivity index (χ2v) is 10.2. The maximum Gasteiger partial charge on any atom is 0.305 e. The van der Waals surface area contributed by atoms with Gasteiger partial charge in [-0.25, -0.2) is 8.42 Å². The lowest BCUT2D eigenvalue weighted by molar-refractivity contribution is -0.140. The van der Waals surface area contributed by atoms with Crippen molar-refractivity contribution in [2.24, 2.45) is 0 Å². The van der Waals surface area contributed by atoms with E-state index >= 15 is 0 Å². The highest BCUT2D eigenvalue weighted by Gasteiger charge is 2.26. The average Bonchev–Trinajstić information content (AvgIpc) is 2.98. The number of esters is 1. The Morgan fingerprint density at radius 2 is 1.80 bits per heavy atom. The third-order valence-corrected chi connectivity index (χ3v) is 7.66. The van der Waals surface area contributed by atoms with Crippen molar-refractivity contribution in [1.82, 2.24) is 9.21 Å². The van der Waals surface area contributed by atoms with Gasteiger partial charge in [0, 0.05) is 37.1 Å². The molecular formula is C22H27BrN2O4S. The van der Waals surface area contributed by atoms with Gasteiger partial charge >= 0.3 is 5.97 Å². The third-order valence-electron chi connectivity index (χ3n) is 5.25. The first-order valence-corrected chi connectivity index (χ1v) is 12.2. The Morgan fingerprint density at radius 1 is 1.03 bits per heavy atom. The fourth-order valence-corrected chi connectivity index (χ4v) is 5.48. The van der Waals surface area contributed by atoms with E-state index in [0.29, 0.717) is 31.0 Å². The molecule has 1 aliphatic heterocycles. The molecule has 0 radical (unpaired) electrons. The second kappa shape index (κ2) is 10.5. The molecule has 2 aromatic carbocycles. The van der Waals surface area contributed by atoms with Crippen LogP contribution in [0.25, 0.3) is 0 Å². The van der Waals surface area contributed by atoms with Crippen LogP contribution in [-0.2, 0) is 32.5 Å². The molecular weight excluding hydrogens is 468 g/mol. The number of rotatable bonds is 7. The maximum absolute atomic E-state index is 13.1. The monoisotopic (exact) mass is 494 g/mol. The summed E-state index contributed by atoms with van der Waals surface area (Å²) in [6.07, 6.45) is 1.61. The van der Waals surface area contributed by atoms with E-state index in [9.17, 15) is 13.2 Å². The maximum atomic E-state index is 13.1. The topological polar surface area (TPSA) is 66.9 Å². The van der Waals surface area contributed by atoms with E-state index in [0.717, 1.165) is 29.5 Å². The van der Waals surface area contributed by atoms with Crippen molar-refractivity contribution >= 4 is 31.9 Å². The van der Waals surface area contributed by atoms with E-state index in [1.165, 1.54) is 12.7 Å². The van der Waals surface area contributed by atoms with Crippen LogP contribution >= 0.6 is 15.9 Å². The number of carbonyl (C=O) groups is 1. The molecule has 3 rings (SSSR count). The van der Waals surface area contributed by atoms with Gasteiger partial charge in [0.15, 0.2) is 0 Å². The number of nitrogens with zero attached hydrogens (tertiary/aromatic N) is 2. The van der Waals surface area contributed by atoms with Crippen LogP contribution in [0.1, 0.15) is 24.0 Å². The first-order valence-electron chi connectivity index (χ1n) is 10.0. The van der Waals surface area contributed by atoms with E-state index in [4.69, 9.17) is 0 Å². The largest absolute Gasteiger partial charge is 0.469 e. The molecule has 0 spiro atoms. The van der Waals surface area contributed by atoms with Crippen LogP contribution in [0, 0.1) is 0 Å². The first-order chi connectivity index (χ1) is 14.4. The van der Waals surface area contributed by atoms with E-state index < -0.39 is 10.0 Å². The summed E-state index contributed by atoms with van der Waals surface area (Å²) in [6.45, 7) is 3.36. The van der Waals surface area contributed by atoms with Crippen molar-refractivity contribution in [2.45, 2.75) is 30.7 Å². The molecule has 6 nitrogen and oxygen atoms in total. The predicted octanol–water partition coefficient (Wildman–Crippen LogP) is 3.45. The van der Waals surface area contributed by atoms with Crippen molar-refractivity contribution in [3.8, 4) is 0 Å². The molecule has 0 saturated carbocycles. The average molecular weight is 495 g/mol. The second-order valence-electron chi connectivity index (χ2n) is 7.38. The molecule has 1 saturated heterocycles. The molecule has 0 unspecified atom stereocenters. The molecule has 8 heteroatoms. The van der Waals surface area contributed by atoms with Crippen LogP contribution in [0.15, 0.2) is 57.9 Å². The summed E-state index contributed by atoms with van der Waals surface area (Å²) < 4.78 is 33.5. The molecule has 162 valence electrons. The van der Waals surface area contributed by atoms with Crippen molar-refractivity contribution in [3.63, 3.8) is 0 Å². The van der Waals surface area contributed by atoms with Gasteiger partial charge in [-0.2, -0.15) is 4.31 Å². The van der Waals surface area contributed by atoms with Crippen LogP contribution in [0.4, 0.5) is 0 Å². The van der Waals surface area contributed by atoms with Gasteiger partial charge in [0.1, 0.15) is 0 Å². The highest BCUT2D eigenvalue weighted by molar-refractivity contribution is 9.10. The number of hydrogen-bond donors (Lipinski definition) is 0. The Kier molecular flexibility index (Phi) is 8.05. The summed E-state index contributed by atoms with van der Waals surface area (Å²) in [7, 11) is -2.17. The molecule has 1 heterocycles. The predicted molar refractivity (Wildman–Crippen MR) is 120 cm³/mol. The van der Waals surface area contributed by atoms with Gasteiger partial charge in [-0.15, -0.1) is 0 Å². The Bertz CT molecular complexity index is 963. The fraction of sp³-hybridized carbons (Fsp3) is 0.409. The Labute approximate surface area is 187 Å². The minimum absolute atomic E-state index is 0.274. The number of aryl methyl sites for hydroxylation is 1. The summed E-state index contributed by atoms with van der Waals surface area (Å²) in [4.78, 5) is 13.9. The zero-order valence-corrected chi connectivity index (χ0v) is 19.5. The molecule has 0 amide bonds. The van der Waals surface area contributed by atoms with E-state index in [1.54, 1.807) is 28.6 Å². The quantitative estimate of drug-likeness (QED) is 0.551. The molecule has 0 aromatic heterocycles. The molecule has 1 aliphatic rings. The highest BCUT2D eigenvalue weighted by Crippen LogP contribution is 2.20. The number of ether oxygens (including phenoxy) is 1. The number of carbonyl (C=O) groups excluding carboxylic acids is 1. The van der Waals surface area contributed by atoms with Crippen LogP contribution in [0.5, 0.6) is 0 Å². The fourth-order valence-electron chi connectivity index (χ4n) is 3.56. The lowest BCUT2D eigenvalue weighted by atomic mass is 10.1. The zero-order chi connectivity index (χ0) is 21.6. The Hall–Kier alpha value is -1.74. The first kappa shape index (κ1) is 22.9. The summed E-state index contributed by atoms with van der Waals surface area (Å²) in [5.41, 5.74) is 2.12. The minimum Gasteiger partial charge on any atom is -0.469 e. The Balaban J connectivity index is 1.61. The molecule has 1 fully saturated rings. The smallest absolute Gasteiger partial charge is 0.305 e. The number of benzene rings is 2. The molecule has 2 aromatic rings. The number of methoxy groups -OCH3 is 1. The van der Waals surface area contributed by atoms with Crippen molar-refractivity contribution in [3.05, 3.63) is 64.1 Å². The molecule has 0 aliphatic carbocycles. The lowest BCUT2D eigenvalue weighted by Crippen LogP contribution is -2.35. The standard InChI is InChI=1S/C22H27BrN2O4S/c1-29-22(26)11-8-18-6-9-21(10-7-18)30(27,28)25-13-3-12-24(14-15-25)17-19-4-2-5-20(23)16-19/h2,4-7,9-10,16H,3,8,11-15,17H2,1H3. The van der Waals surface area contributed by atoms with E-state index in [-0.39, 0.29) is 12.4 Å². The van der Waals surface area contributed by atoms with E-state index in [1.807, 2.05) is 12.1 Å². The third kappa shape index (κ3) is 6.14. The SMILES string of the molecule is COC(=O)CCc1ccc(S(=O)(=O)N2CCCN(Cc3cccc(Br)c3)CC2)cc1. The highest BCUT2D eigenvalue weighted by atomic mass is 79.9. The van der Waals surface area contributed by atoms with Gasteiger partial charge in [-0.3, -0.25) is 9.69 Å². The van der Waals surface area contributed by atoms with Gasteiger partial charge in [0.25, 0.3) is 0 Å².